The van der Waals surface area contributed by atoms with Gasteiger partial charge in [0, 0.05) is 12.6 Å². The summed E-state index contributed by atoms with van der Waals surface area (Å²) in [6.45, 7) is 0.336. The summed E-state index contributed by atoms with van der Waals surface area (Å²) in [7, 11) is 0. The first-order valence-corrected chi connectivity index (χ1v) is 8.08. The molecule has 0 aromatic heterocycles. The third-order valence-corrected chi connectivity index (χ3v) is 3.54. The van der Waals surface area contributed by atoms with Gasteiger partial charge >= 0.3 is 29.6 Å². The molecule has 0 heterocycles. The Hall–Kier alpha value is 0.430. The zero-order valence-corrected chi connectivity index (χ0v) is 15.4. The molecule has 0 amide bonds. The molecule has 0 unspecified atom stereocenters. The van der Waals surface area contributed by atoms with Crippen molar-refractivity contribution in [2.24, 2.45) is 0 Å². The molecule has 0 radical (unpaired) electrons. The average Bonchev–Trinajstić information content (AvgIpc) is 2.39. The van der Waals surface area contributed by atoms with Crippen molar-refractivity contribution >= 4 is 5.97 Å². The van der Waals surface area contributed by atoms with E-state index in [1.165, 1.54) is 57.8 Å². The van der Waals surface area contributed by atoms with Crippen LogP contribution in [0.2, 0.25) is 0 Å². The molecule has 0 aromatic rings. The number of aliphatic hydroxyl groups excluding tert-OH is 1. The summed E-state index contributed by atoms with van der Waals surface area (Å²) >= 11 is 0. The van der Waals surface area contributed by atoms with Gasteiger partial charge in [-0.3, -0.25) is 0 Å². The van der Waals surface area contributed by atoms with E-state index in [4.69, 9.17) is 5.11 Å². The molecule has 1 N–H and O–H groups in total. The quantitative estimate of drug-likeness (QED) is 0.267. The standard InChI is InChI=1S/C16H32O3.Na/c17-15-13-11-9-7-5-3-1-2-4-6-8-10-12-14-16(18)19;/h17H,1-15H2,(H,18,19);/q;+1/p-1/i1+1,2+1,3+1,4+1,5+1,6+1,7+1,8+1,9+1,10+1,11+1,12+1,13+1,14+1,15+1,16+1;. The summed E-state index contributed by atoms with van der Waals surface area (Å²) in [5.74, 6) is -0.918. The second kappa shape index (κ2) is 19.4. The molecule has 0 fully saturated rings. The maximum absolute atomic E-state index is 10.2. The number of carboxylic acid groups (broad SMARTS) is 1. The van der Waals surface area contributed by atoms with Gasteiger partial charge in [-0.15, -0.1) is 0 Å². The number of hydrogen-bond acceptors (Lipinski definition) is 3. The summed E-state index contributed by atoms with van der Waals surface area (Å²) in [6, 6.07) is 0. The number of carboxylic acids is 1. The van der Waals surface area contributed by atoms with Crippen LogP contribution in [0, 0.1) is 0 Å². The number of hydrogen-bond donors (Lipinski definition) is 1. The number of rotatable bonds is 15. The molecule has 0 atom stereocenters. The predicted octanol–water partition coefficient (Wildman–Crippen LogP) is 0.194. The molecule has 4 heteroatoms. The SMILES string of the molecule is O=[13C]([O-])[13CH2][13CH2][13CH2][13CH2][13CH2][13CH2][13CH2][13CH2][13CH2][13CH2][13CH2][13CH2][13CH2][13CH2][13CH2]O.[Na+]. The van der Waals surface area contributed by atoms with Crippen LogP contribution in [0.1, 0.15) is 89.9 Å². The Bertz CT molecular complexity index is 198. The van der Waals surface area contributed by atoms with Crippen molar-refractivity contribution in [1.29, 1.82) is 0 Å². The van der Waals surface area contributed by atoms with Crippen molar-refractivity contribution in [3.63, 3.8) is 0 Å². The van der Waals surface area contributed by atoms with Gasteiger partial charge in [-0.25, -0.2) is 0 Å². The van der Waals surface area contributed by atoms with Crippen LogP contribution in [0.3, 0.4) is 0 Å². The van der Waals surface area contributed by atoms with Gasteiger partial charge in [-0.1, -0.05) is 70.6 Å². The van der Waals surface area contributed by atoms with Crippen molar-refractivity contribution in [1.82, 2.24) is 0 Å². The fourth-order valence-corrected chi connectivity index (χ4v) is 2.33. The second-order valence-corrected chi connectivity index (χ2v) is 5.44. The number of unbranched alkanes of at least 4 members (excludes halogenated alkanes) is 12. The zero-order valence-electron chi connectivity index (χ0n) is 13.4. The molecule has 114 valence electrons. The van der Waals surface area contributed by atoms with Crippen LogP contribution < -0.4 is 34.7 Å². The summed E-state index contributed by atoms with van der Waals surface area (Å²) in [6.07, 6.45) is 15.7. The summed E-state index contributed by atoms with van der Waals surface area (Å²) in [5.41, 5.74) is 0. The molecule has 0 aliphatic carbocycles. The Morgan fingerprint density at radius 1 is 0.650 bits per heavy atom. The Kier molecular flexibility index (Phi) is 22.1. The molecular formula is C16H31NaO3. The molecule has 0 aliphatic heterocycles. The molecule has 20 heavy (non-hydrogen) atoms. The van der Waals surface area contributed by atoms with E-state index in [1.54, 1.807) is 0 Å². The van der Waals surface area contributed by atoms with Crippen LogP contribution in [-0.4, -0.2) is 17.7 Å². The fraction of sp³-hybridized carbons (Fsp3) is 0.938. The summed E-state index contributed by atoms with van der Waals surface area (Å²) in [4.78, 5) is 10.2. The number of aliphatic hydroxyl groups is 1. The molecule has 0 rings (SSSR count). The predicted molar refractivity (Wildman–Crippen MR) is 76.7 cm³/mol. The van der Waals surface area contributed by atoms with Gasteiger partial charge in [0.2, 0.25) is 0 Å². The van der Waals surface area contributed by atoms with Crippen molar-refractivity contribution in [3.8, 4) is 0 Å². The van der Waals surface area contributed by atoms with Crippen LogP contribution in [0.4, 0.5) is 0 Å². The third kappa shape index (κ3) is 20.7. The molecule has 0 spiro atoms. The maximum atomic E-state index is 10.2. The second-order valence-electron chi connectivity index (χ2n) is 5.44. The van der Waals surface area contributed by atoms with Crippen LogP contribution >= 0.6 is 0 Å². The first kappa shape index (κ1) is 22.7. The third-order valence-electron chi connectivity index (χ3n) is 3.54. The minimum absolute atomic E-state index is 0. The van der Waals surface area contributed by atoms with E-state index in [0.717, 1.165) is 25.7 Å². The van der Waals surface area contributed by atoms with Crippen LogP contribution in [0.25, 0.3) is 0 Å². The largest absolute Gasteiger partial charge is 1.00 e. The normalized spacial score (nSPS) is 10.2. The van der Waals surface area contributed by atoms with Crippen molar-refractivity contribution in [2.45, 2.75) is 89.9 Å². The number of aliphatic carboxylic acids is 1. The smallest absolute Gasteiger partial charge is 0.550 e. The van der Waals surface area contributed by atoms with Crippen molar-refractivity contribution in [3.05, 3.63) is 0 Å². The Labute approximate surface area is 146 Å². The monoisotopic (exact) mass is 310 g/mol. The van der Waals surface area contributed by atoms with E-state index in [2.05, 4.69) is 0 Å². The molecule has 0 aliphatic rings. The zero-order chi connectivity index (χ0) is 14.2. The molecular weight excluding hydrogens is 279 g/mol. The minimum Gasteiger partial charge on any atom is -0.550 e. The topological polar surface area (TPSA) is 60.4 Å². The average molecular weight is 310 g/mol. The van der Waals surface area contributed by atoms with Crippen LogP contribution in [0.5, 0.6) is 0 Å². The molecule has 0 saturated heterocycles. The van der Waals surface area contributed by atoms with Gasteiger partial charge in [-0.05, 0) is 19.3 Å². The Morgan fingerprint density at radius 2 is 0.950 bits per heavy atom. The van der Waals surface area contributed by atoms with E-state index in [0.29, 0.717) is 6.61 Å². The molecule has 0 aromatic carbocycles. The molecule has 0 saturated carbocycles. The van der Waals surface area contributed by atoms with Gasteiger partial charge in [-0.2, -0.15) is 0 Å². The number of carbonyl (C=O) groups excluding carboxylic acids is 1. The van der Waals surface area contributed by atoms with E-state index in [9.17, 15) is 9.90 Å². The van der Waals surface area contributed by atoms with Gasteiger partial charge in [0.05, 0.1) is 0 Å². The van der Waals surface area contributed by atoms with E-state index in [-0.39, 0.29) is 36.0 Å². The van der Waals surface area contributed by atoms with Gasteiger partial charge in [0.1, 0.15) is 0 Å². The molecule has 0 bridgehead atoms. The summed E-state index contributed by atoms with van der Waals surface area (Å²) in [5, 5.41) is 18.8. The fourth-order valence-electron chi connectivity index (χ4n) is 2.33. The van der Waals surface area contributed by atoms with Gasteiger partial charge in [0.25, 0.3) is 0 Å². The summed E-state index contributed by atoms with van der Waals surface area (Å²) < 4.78 is 0. The van der Waals surface area contributed by atoms with Crippen molar-refractivity contribution in [2.75, 3.05) is 6.61 Å². The van der Waals surface area contributed by atoms with E-state index < -0.39 is 5.97 Å². The Balaban J connectivity index is 0. The Morgan fingerprint density at radius 3 is 1.25 bits per heavy atom. The van der Waals surface area contributed by atoms with Gasteiger partial charge in [0.15, 0.2) is 0 Å². The first-order chi connectivity index (χ1) is 9.27. The number of carbonyl (C=O) groups is 1. The van der Waals surface area contributed by atoms with Crippen LogP contribution in [-0.2, 0) is 4.79 Å². The van der Waals surface area contributed by atoms with Crippen molar-refractivity contribution < 1.29 is 44.6 Å². The molecule has 3 nitrogen and oxygen atoms in total. The van der Waals surface area contributed by atoms with Gasteiger partial charge < -0.3 is 15.0 Å². The van der Waals surface area contributed by atoms with Crippen LogP contribution in [0.15, 0.2) is 0 Å². The van der Waals surface area contributed by atoms with E-state index in [1.807, 2.05) is 0 Å². The maximum Gasteiger partial charge on any atom is 1.00 e. The minimum atomic E-state index is -0.918. The van der Waals surface area contributed by atoms with E-state index >= 15 is 0 Å². The first-order valence-electron chi connectivity index (χ1n) is 8.08.